The van der Waals surface area contributed by atoms with E-state index in [0.29, 0.717) is 24.4 Å². The van der Waals surface area contributed by atoms with Crippen molar-refractivity contribution in [1.82, 2.24) is 16.2 Å². The molecule has 0 radical (unpaired) electrons. The van der Waals surface area contributed by atoms with Crippen molar-refractivity contribution in [3.63, 3.8) is 0 Å². The summed E-state index contributed by atoms with van der Waals surface area (Å²) in [5.74, 6) is 1.37. The lowest BCUT2D eigenvalue weighted by molar-refractivity contribution is -0.133. The van der Waals surface area contributed by atoms with Crippen molar-refractivity contribution in [2.75, 3.05) is 13.7 Å². The molecule has 0 spiro atoms. The van der Waals surface area contributed by atoms with Gasteiger partial charge >= 0.3 is 0 Å². The van der Waals surface area contributed by atoms with Gasteiger partial charge in [-0.15, -0.1) is 0 Å². The largest absolute Gasteiger partial charge is 0.496 e. The van der Waals surface area contributed by atoms with Crippen molar-refractivity contribution in [1.29, 1.82) is 0 Å². The van der Waals surface area contributed by atoms with Gasteiger partial charge in [0.05, 0.1) is 7.11 Å². The number of fused-ring (bicyclic) bond motifs is 1. The van der Waals surface area contributed by atoms with Gasteiger partial charge in [-0.25, -0.2) is 5.43 Å². The Morgan fingerprint density at radius 3 is 2.84 bits per heavy atom. The molecule has 1 saturated heterocycles. The van der Waals surface area contributed by atoms with Gasteiger partial charge in [0.15, 0.2) is 0 Å². The molecule has 1 heterocycles. The molecular weight excluding hydrogens is 390 g/mol. The number of hydrazine groups is 1. The maximum absolute atomic E-state index is 12.7. The van der Waals surface area contributed by atoms with Crippen molar-refractivity contribution < 1.29 is 14.3 Å². The van der Waals surface area contributed by atoms with E-state index in [-0.39, 0.29) is 23.8 Å². The molecule has 2 aliphatic rings. The lowest BCUT2D eigenvalue weighted by Gasteiger charge is -2.41. The standard InChI is InChI=1S/C25H31N3O3/c1-31-23-12-5-2-8-18(23)13-14-26-24(29)19-9-6-7-17(15-19)16-22-20-10-3-4-11-21(20)25(30)28-27-22/h2,5-9,12,15,20-22,27H,3-4,10-11,13-14,16H2,1H3,(H,26,29)(H,28,30). The fraction of sp³-hybridized carbons (Fsp3) is 0.440. The third-order valence-electron chi connectivity index (χ3n) is 6.57. The van der Waals surface area contributed by atoms with Crippen LogP contribution in [0.4, 0.5) is 0 Å². The van der Waals surface area contributed by atoms with Gasteiger partial charge in [0.25, 0.3) is 5.91 Å². The lowest BCUT2D eigenvalue weighted by atomic mass is 9.72. The summed E-state index contributed by atoms with van der Waals surface area (Å²) in [4.78, 5) is 24.9. The molecule has 3 N–H and O–H groups in total. The number of methoxy groups -OCH3 is 1. The molecule has 6 heteroatoms. The van der Waals surface area contributed by atoms with Crippen LogP contribution in [0.1, 0.15) is 47.2 Å². The first-order valence-electron chi connectivity index (χ1n) is 11.2. The van der Waals surface area contributed by atoms with E-state index < -0.39 is 0 Å². The molecule has 164 valence electrons. The number of para-hydroxylation sites is 1. The minimum atomic E-state index is -0.0720. The van der Waals surface area contributed by atoms with Crippen LogP contribution in [0.25, 0.3) is 0 Å². The fourth-order valence-electron chi connectivity index (χ4n) is 4.95. The number of carbonyl (C=O) groups excluding carboxylic acids is 2. The van der Waals surface area contributed by atoms with Crippen LogP contribution >= 0.6 is 0 Å². The highest BCUT2D eigenvalue weighted by molar-refractivity contribution is 5.94. The van der Waals surface area contributed by atoms with Gasteiger partial charge in [0, 0.05) is 24.1 Å². The molecule has 1 aliphatic heterocycles. The Balaban J connectivity index is 1.35. The number of ether oxygens (including phenoxy) is 1. The number of hydrogen-bond acceptors (Lipinski definition) is 4. The minimum absolute atomic E-state index is 0.0720. The monoisotopic (exact) mass is 421 g/mol. The first kappa shape index (κ1) is 21.4. The molecule has 2 aromatic carbocycles. The van der Waals surface area contributed by atoms with Crippen molar-refractivity contribution >= 4 is 11.8 Å². The van der Waals surface area contributed by atoms with Gasteiger partial charge < -0.3 is 10.1 Å². The van der Waals surface area contributed by atoms with E-state index in [0.717, 1.165) is 42.6 Å². The minimum Gasteiger partial charge on any atom is -0.496 e. The maximum atomic E-state index is 12.7. The average Bonchev–Trinajstić information content (AvgIpc) is 2.81. The van der Waals surface area contributed by atoms with E-state index in [2.05, 4.69) is 22.2 Å². The Morgan fingerprint density at radius 2 is 1.97 bits per heavy atom. The normalized spacial score (nSPS) is 22.9. The summed E-state index contributed by atoms with van der Waals surface area (Å²) in [6, 6.07) is 15.9. The van der Waals surface area contributed by atoms with Crippen LogP contribution in [0.15, 0.2) is 48.5 Å². The van der Waals surface area contributed by atoms with Gasteiger partial charge in [-0.05, 0) is 60.9 Å². The summed E-state index contributed by atoms with van der Waals surface area (Å²) < 4.78 is 5.37. The first-order chi connectivity index (χ1) is 15.2. The highest BCUT2D eigenvalue weighted by Crippen LogP contribution is 2.35. The number of amides is 2. The number of carbonyl (C=O) groups is 2. The van der Waals surface area contributed by atoms with Gasteiger partial charge in [-0.1, -0.05) is 43.2 Å². The van der Waals surface area contributed by atoms with E-state index in [1.54, 1.807) is 7.11 Å². The van der Waals surface area contributed by atoms with E-state index in [1.165, 1.54) is 6.42 Å². The second-order valence-electron chi connectivity index (χ2n) is 8.52. The molecule has 2 aromatic rings. The zero-order chi connectivity index (χ0) is 21.6. The van der Waals surface area contributed by atoms with Crippen LogP contribution in [0, 0.1) is 11.8 Å². The fourth-order valence-corrected chi connectivity index (χ4v) is 4.95. The van der Waals surface area contributed by atoms with E-state index in [9.17, 15) is 9.59 Å². The lowest BCUT2D eigenvalue weighted by Crippen LogP contribution is -2.60. The maximum Gasteiger partial charge on any atom is 0.251 e. The Kier molecular flexibility index (Phi) is 6.87. The highest BCUT2D eigenvalue weighted by atomic mass is 16.5. The van der Waals surface area contributed by atoms with Gasteiger partial charge in [0.1, 0.15) is 5.75 Å². The molecular formula is C25H31N3O3. The highest BCUT2D eigenvalue weighted by Gasteiger charge is 2.39. The second kappa shape index (κ2) is 9.96. The molecule has 31 heavy (non-hydrogen) atoms. The predicted octanol–water partition coefficient (Wildman–Crippen LogP) is 3.02. The number of hydrogen-bond donors (Lipinski definition) is 3. The summed E-state index contributed by atoms with van der Waals surface area (Å²) in [7, 11) is 1.66. The van der Waals surface area contributed by atoms with E-state index in [1.807, 2.05) is 42.5 Å². The zero-order valence-electron chi connectivity index (χ0n) is 18.0. The molecule has 3 atom stereocenters. The summed E-state index contributed by atoms with van der Waals surface area (Å²) in [6.45, 7) is 0.545. The summed E-state index contributed by atoms with van der Waals surface area (Å²) in [6.07, 6.45) is 5.88. The molecule has 2 fully saturated rings. The van der Waals surface area contributed by atoms with Crippen molar-refractivity contribution in [3.05, 3.63) is 65.2 Å². The van der Waals surface area contributed by atoms with E-state index >= 15 is 0 Å². The number of benzene rings is 2. The van der Waals surface area contributed by atoms with Crippen molar-refractivity contribution in [3.8, 4) is 5.75 Å². The molecule has 0 aromatic heterocycles. The van der Waals surface area contributed by atoms with Gasteiger partial charge in [-0.3, -0.25) is 15.0 Å². The zero-order valence-corrected chi connectivity index (χ0v) is 18.0. The van der Waals surface area contributed by atoms with Crippen molar-refractivity contribution in [2.45, 2.75) is 44.6 Å². The second-order valence-corrected chi connectivity index (χ2v) is 8.52. The number of rotatable bonds is 7. The molecule has 1 saturated carbocycles. The van der Waals surface area contributed by atoms with Crippen LogP contribution in [0.3, 0.4) is 0 Å². The van der Waals surface area contributed by atoms with E-state index in [4.69, 9.17) is 4.74 Å². The average molecular weight is 422 g/mol. The summed E-state index contributed by atoms with van der Waals surface area (Å²) in [5.41, 5.74) is 8.93. The third-order valence-corrected chi connectivity index (χ3v) is 6.57. The van der Waals surface area contributed by atoms with Crippen LogP contribution in [-0.4, -0.2) is 31.5 Å². The molecule has 6 nitrogen and oxygen atoms in total. The third kappa shape index (κ3) is 5.07. The summed E-state index contributed by atoms with van der Waals surface area (Å²) in [5, 5.41) is 3.01. The Morgan fingerprint density at radius 1 is 1.13 bits per heavy atom. The smallest absolute Gasteiger partial charge is 0.251 e. The molecule has 1 aliphatic carbocycles. The first-order valence-corrected chi connectivity index (χ1v) is 11.2. The van der Waals surface area contributed by atoms with Gasteiger partial charge in [-0.2, -0.15) is 0 Å². The van der Waals surface area contributed by atoms with Crippen molar-refractivity contribution in [2.24, 2.45) is 11.8 Å². The Bertz CT molecular complexity index is 930. The quantitative estimate of drug-likeness (QED) is 0.642. The van der Waals surface area contributed by atoms with Crippen LogP contribution in [0.5, 0.6) is 5.75 Å². The van der Waals surface area contributed by atoms with Crippen LogP contribution in [-0.2, 0) is 17.6 Å². The van der Waals surface area contributed by atoms with Crippen LogP contribution < -0.4 is 20.9 Å². The van der Waals surface area contributed by atoms with Gasteiger partial charge in [0.2, 0.25) is 5.91 Å². The Hall–Kier alpha value is -2.86. The topological polar surface area (TPSA) is 79.5 Å². The molecule has 3 unspecified atom stereocenters. The molecule has 0 bridgehead atoms. The predicted molar refractivity (Wildman–Crippen MR) is 120 cm³/mol. The number of nitrogens with one attached hydrogen (secondary N) is 3. The molecule has 4 rings (SSSR count). The Labute approximate surface area is 183 Å². The SMILES string of the molecule is COc1ccccc1CCNC(=O)c1cccc(CC2NNC(=O)C3CCCCC23)c1. The van der Waals surface area contributed by atoms with Crippen LogP contribution in [0.2, 0.25) is 0 Å². The summed E-state index contributed by atoms with van der Waals surface area (Å²) >= 11 is 0. The molecule has 2 amide bonds.